The molecule has 124 valence electrons. The van der Waals surface area contributed by atoms with Gasteiger partial charge in [-0.25, -0.2) is 4.79 Å². The van der Waals surface area contributed by atoms with Crippen LogP contribution in [0.15, 0.2) is 0 Å². The molecule has 0 unspecified atom stereocenters. The van der Waals surface area contributed by atoms with Crippen LogP contribution in [0.5, 0.6) is 0 Å². The molecule has 0 saturated carbocycles. The zero-order valence-corrected chi connectivity index (χ0v) is 13.1. The molecule has 0 aliphatic carbocycles. The number of methoxy groups -OCH3 is 1. The third-order valence-electron chi connectivity index (χ3n) is 4.75. The van der Waals surface area contributed by atoms with Crippen molar-refractivity contribution in [2.24, 2.45) is 5.92 Å². The topological polar surface area (TPSA) is 96.4 Å². The van der Waals surface area contributed by atoms with Gasteiger partial charge in [0.1, 0.15) is 12.0 Å². The van der Waals surface area contributed by atoms with E-state index in [1.165, 1.54) is 16.9 Å². The van der Waals surface area contributed by atoms with E-state index in [2.05, 4.69) is 4.74 Å². The summed E-state index contributed by atoms with van der Waals surface area (Å²) in [6.07, 6.45) is -1.04. The van der Waals surface area contributed by atoms with Crippen molar-refractivity contribution >= 4 is 18.0 Å². The van der Waals surface area contributed by atoms with Gasteiger partial charge in [0, 0.05) is 20.1 Å². The van der Waals surface area contributed by atoms with Crippen LogP contribution in [-0.4, -0.2) is 78.4 Å². The Hall–Kier alpha value is -1.83. The second-order valence-electron chi connectivity index (χ2n) is 5.63. The summed E-state index contributed by atoms with van der Waals surface area (Å²) < 4.78 is 9.72. The highest BCUT2D eigenvalue weighted by molar-refractivity contribution is 5.92. The zero-order chi connectivity index (χ0) is 16.5. The maximum absolute atomic E-state index is 12.2. The van der Waals surface area contributed by atoms with Crippen molar-refractivity contribution < 1.29 is 29.0 Å². The minimum atomic E-state index is -1.39. The van der Waals surface area contributed by atoms with Gasteiger partial charge in [0.15, 0.2) is 0 Å². The first-order chi connectivity index (χ1) is 10.4. The van der Waals surface area contributed by atoms with Crippen LogP contribution < -0.4 is 0 Å². The number of carbonyl (C=O) groups is 3. The Kier molecular flexibility index (Phi) is 4.60. The molecule has 22 heavy (non-hydrogen) atoms. The molecule has 2 fully saturated rings. The van der Waals surface area contributed by atoms with Crippen LogP contribution in [-0.2, 0) is 19.1 Å². The van der Waals surface area contributed by atoms with Crippen molar-refractivity contribution in [1.29, 1.82) is 0 Å². The number of rotatable bonds is 2. The lowest BCUT2D eigenvalue weighted by Crippen LogP contribution is -2.57. The van der Waals surface area contributed by atoms with Crippen LogP contribution in [0.2, 0.25) is 0 Å². The van der Waals surface area contributed by atoms with E-state index in [1.807, 2.05) is 0 Å². The fourth-order valence-electron chi connectivity index (χ4n) is 3.50. The van der Waals surface area contributed by atoms with Crippen molar-refractivity contribution in [3.8, 4) is 0 Å². The highest BCUT2D eigenvalue weighted by atomic mass is 16.5. The normalized spacial score (nSPS) is 27.2. The quantitative estimate of drug-likeness (QED) is 0.697. The van der Waals surface area contributed by atoms with Crippen LogP contribution in [0.4, 0.5) is 4.79 Å². The standard InChI is InChI=1S/C14H22N2O6/c1-4-22-12(19)9-10(17)11(18)15(2)14(9)5-7-16(8-6-14)13(20)21-3/h9-10,17H,4-8H2,1-3H3/t9-,10-/m1/s1. The number of likely N-dealkylation sites (tertiary alicyclic amines) is 2. The number of aliphatic hydroxyl groups excluding tert-OH is 1. The maximum atomic E-state index is 12.2. The summed E-state index contributed by atoms with van der Waals surface area (Å²) in [6, 6.07) is 0. The van der Waals surface area contributed by atoms with E-state index in [1.54, 1.807) is 14.0 Å². The van der Waals surface area contributed by atoms with E-state index in [0.29, 0.717) is 25.9 Å². The van der Waals surface area contributed by atoms with Crippen molar-refractivity contribution in [2.75, 3.05) is 33.9 Å². The smallest absolute Gasteiger partial charge is 0.409 e. The molecule has 0 radical (unpaired) electrons. The number of amides is 2. The number of nitrogens with zero attached hydrogens (tertiary/aromatic N) is 2. The molecule has 2 heterocycles. The lowest BCUT2D eigenvalue weighted by molar-refractivity contribution is -0.156. The average Bonchev–Trinajstić information content (AvgIpc) is 2.69. The number of ether oxygens (including phenoxy) is 2. The Morgan fingerprint density at radius 3 is 2.45 bits per heavy atom. The Labute approximate surface area is 128 Å². The van der Waals surface area contributed by atoms with Crippen molar-refractivity contribution in [3.63, 3.8) is 0 Å². The Morgan fingerprint density at radius 2 is 1.95 bits per heavy atom. The third-order valence-corrected chi connectivity index (χ3v) is 4.75. The van der Waals surface area contributed by atoms with Gasteiger partial charge in [-0.2, -0.15) is 0 Å². The van der Waals surface area contributed by atoms with Gasteiger partial charge >= 0.3 is 12.1 Å². The zero-order valence-electron chi connectivity index (χ0n) is 13.1. The largest absolute Gasteiger partial charge is 0.466 e. The third kappa shape index (κ3) is 2.41. The fourth-order valence-corrected chi connectivity index (χ4v) is 3.50. The van der Waals surface area contributed by atoms with E-state index in [9.17, 15) is 19.5 Å². The van der Waals surface area contributed by atoms with Crippen LogP contribution >= 0.6 is 0 Å². The number of likely N-dealkylation sites (N-methyl/N-ethyl adjacent to an activating group) is 1. The molecule has 2 amide bonds. The predicted molar refractivity (Wildman–Crippen MR) is 74.8 cm³/mol. The van der Waals surface area contributed by atoms with Crippen molar-refractivity contribution in [3.05, 3.63) is 0 Å². The van der Waals surface area contributed by atoms with Gasteiger partial charge in [0.25, 0.3) is 5.91 Å². The lowest BCUT2D eigenvalue weighted by atomic mass is 9.76. The minimum absolute atomic E-state index is 0.185. The maximum Gasteiger partial charge on any atom is 0.409 e. The molecule has 0 aromatic heterocycles. The summed E-state index contributed by atoms with van der Waals surface area (Å²) in [5.74, 6) is -1.98. The van der Waals surface area contributed by atoms with Gasteiger partial charge in [-0.3, -0.25) is 9.59 Å². The van der Waals surface area contributed by atoms with Crippen molar-refractivity contribution in [1.82, 2.24) is 9.80 Å². The van der Waals surface area contributed by atoms with Crippen molar-refractivity contribution in [2.45, 2.75) is 31.4 Å². The molecule has 8 nitrogen and oxygen atoms in total. The van der Waals surface area contributed by atoms with Gasteiger partial charge in [0.05, 0.1) is 19.3 Å². The lowest BCUT2D eigenvalue weighted by Gasteiger charge is -2.45. The summed E-state index contributed by atoms with van der Waals surface area (Å²) in [5.41, 5.74) is -0.812. The van der Waals surface area contributed by atoms with Crippen LogP contribution in [0.25, 0.3) is 0 Å². The summed E-state index contributed by atoms with van der Waals surface area (Å²) in [4.78, 5) is 38.9. The van der Waals surface area contributed by atoms with Gasteiger partial charge in [-0.05, 0) is 19.8 Å². The van der Waals surface area contributed by atoms with E-state index in [-0.39, 0.29) is 6.61 Å². The summed E-state index contributed by atoms with van der Waals surface area (Å²) in [5, 5.41) is 10.2. The first kappa shape index (κ1) is 16.5. The summed E-state index contributed by atoms with van der Waals surface area (Å²) in [6.45, 7) is 2.57. The first-order valence-electron chi connectivity index (χ1n) is 7.34. The molecule has 2 aliphatic heterocycles. The van der Waals surface area contributed by atoms with Gasteiger partial charge < -0.3 is 24.4 Å². The summed E-state index contributed by atoms with van der Waals surface area (Å²) >= 11 is 0. The fraction of sp³-hybridized carbons (Fsp3) is 0.786. The number of piperidine rings is 1. The molecule has 8 heteroatoms. The molecule has 1 spiro atoms. The molecule has 0 aromatic carbocycles. The summed E-state index contributed by atoms with van der Waals surface area (Å²) in [7, 11) is 2.89. The minimum Gasteiger partial charge on any atom is -0.466 e. The van der Waals surface area contributed by atoms with Crippen LogP contribution in [0.1, 0.15) is 19.8 Å². The van der Waals surface area contributed by atoms with E-state index in [4.69, 9.17) is 4.74 Å². The highest BCUT2D eigenvalue weighted by Crippen LogP contribution is 2.43. The van der Waals surface area contributed by atoms with E-state index >= 15 is 0 Å². The molecule has 2 atom stereocenters. The second kappa shape index (κ2) is 6.12. The van der Waals surface area contributed by atoms with Gasteiger partial charge in [-0.15, -0.1) is 0 Å². The Balaban J connectivity index is 2.24. The Morgan fingerprint density at radius 1 is 1.36 bits per heavy atom. The van der Waals surface area contributed by atoms with E-state index in [0.717, 1.165) is 0 Å². The molecular formula is C14H22N2O6. The Bertz CT molecular complexity index is 472. The molecule has 0 bridgehead atoms. The monoisotopic (exact) mass is 314 g/mol. The number of hydrogen-bond donors (Lipinski definition) is 1. The molecule has 2 saturated heterocycles. The number of aliphatic hydroxyl groups is 1. The molecule has 2 rings (SSSR count). The predicted octanol–water partition coefficient (Wildman–Crippen LogP) is -0.400. The SMILES string of the molecule is CCOC(=O)[C@H]1[C@@H](O)C(=O)N(C)C12CCN(C(=O)OC)CC2. The number of carbonyl (C=O) groups excluding carboxylic acids is 3. The molecule has 1 N–H and O–H groups in total. The average molecular weight is 314 g/mol. The van der Waals surface area contributed by atoms with Gasteiger partial charge in [-0.1, -0.05) is 0 Å². The van der Waals surface area contributed by atoms with E-state index < -0.39 is 35.5 Å². The van der Waals surface area contributed by atoms with Crippen LogP contribution in [0, 0.1) is 5.92 Å². The van der Waals surface area contributed by atoms with Gasteiger partial charge in [0.2, 0.25) is 0 Å². The second-order valence-corrected chi connectivity index (χ2v) is 5.63. The highest BCUT2D eigenvalue weighted by Gasteiger charge is 2.61. The molecular weight excluding hydrogens is 292 g/mol. The first-order valence-corrected chi connectivity index (χ1v) is 7.34. The molecule has 2 aliphatic rings. The van der Waals surface area contributed by atoms with Crippen LogP contribution in [0.3, 0.4) is 0 Å². The number of esters is 1. The number of hydrogen-bond acceptors (Lipinski definition) is 6. The molecule has 0 aromatic rings.